The van der Waals surface area contributed by atoms with Crippen molar-refractivity contribution in [3.05, 3.63) is 41.9 Å². The second-order valence-electron chi connectivity index (χ2n) is 4.61. The first-order chi connectivity index (χ1) is 9.24. The molecule has 1 aromatic rings. The van der Waals surface area contributed by atoms with Crippen molar-refractivity contribution < 1.29 is 9.53 Å². The minimum absolute atomic E-state index is 0.0203. The summed E-state index contributed by atoms with van der Waals surface area (Å²) < 4.78 is 5.47. The quantitative estimate of drug-likeness (QED) is 0.836. The summed E-state index contributed by atoms with van der Waals surface area (Å²) in [7, 11) is 0. The molecule has 0 saturated carbocycles. The number of aromatic nitrogens is 1. The molecule has 4 nitrogen and oxygen atoms in total. The highest BCUT2D eigenvalue weighted by molar-refractivity contribution is 5.91. The van der Waals surface area contributed by atoms with Crippen LogP contribution in [0.4, 0.5) is 0 Å². The molecule has 0 aromatic carbocycles. The number of likely N-dealkylation sites (N-methyl/N-ethyl adjacent to an activating group) is 1. The van der Waals surface area contributed by atoms with E-state index >= 15 is 0 Å². The van der Waals surface area contributed by atoms with Crippen molar-refractivity contribution in [2.75, 3.05) is 13.2 Å². The second kappa shape index (κ2) is 6.36. The number of hydrogen-bond donors (Lipinski definition) is 0. The second-order valence-corrected chi connectivity index (χ2v) is 4.61. The molecule has 19 heavy (non-hydrogen) atoms. The molecule has 0 saturated heterocycles. The first-order valence-electron chi connectivity index (χ1n) is 6.78. The standard InChI is InChI=1S/C15H20N2O2/c1-3-17(12(2)13-7-9-16-10-8-13)15(18)14-6-4-5-11-19-14/h6-10,12H,3-5,11H2,1-2H3/t12-/m1/s1. The van der Waals surface area contributed by atoms with Crippen LogP contribution in [0.5, 0.6) is 0 Å². The van der Waals surface area contributed by atoms with Gasteiger partial charge in [0.05, 0.1) is 12.6 Å². The fourth-order valence-electron chi connectivity index (χ4n) is 2.26. The van der Waals surface area contributed by atoms with Gasteiger partial charge in [0.25, 0.3) is 5.91 Å². The summed E-state index contributed by atoms with van der Waals surface area (Å²) in [5.74, 6) is 0.473. The largest absolute Gasteiger partial charge is 0.488 e. The molecule has 1 aliphatic heterocycles. The molecule has 1 aromatic heterocycles. The van der Waals surface area contributed by atoms with Crippen LogP contribution in [0.1, 0.15) is 38.3 Å². The molecule has 0 bridgehead atoms. The lowest BCUT2D eigenvalue weighted by molar-refractivity contribution is -0.133. The fourth-order valence-corrected chi connectivity index (χ4v) is 2.26. The third-order valence-electron chi connectivity index (χ3n) is 3.40. The minimum Gasteiger partial charge on any atom is -0.488 e. The van der Waals surface area contributed by atoms with E-state index < -0.39 is 0 Å². The van der Waals surface area contributed by atoms with Crippen molar-refractivity contribution in [2.24, 2.45) is 0 Å². The molecule has 1 amide bonds. The van der Waals surface area contributed by atoms with Gasteiger partial charge < -0.3 is 9.64 Å². The number of rotatable bonds is 4. The number of allylic oxidation sites excluding steroid dienone is 1. The van der Waals surface area contributed by atoms with Crippen LogP contribution < -0.4 is 0 Å². The van der Waals surface area contributed by atoms with E-state index in [1.54, 1.807) is 12.4 Å². The van der Waals surface area contributed by atoms with E-state index in [0.29, 0.717) is 18.9 Å². The maximum atomic E-state index is 12.5. The Morgan fingerprint density at radius 2 is 2.21 bits per heavy atom. The summed E-state index contributed by atoms with van der Waals surface area (Å²) in [5.41, 5.74) is 1.08. The van der Waals surface area contributed by atoms with Crippen LogP contribution in [0.25, 0.3) is 0 Å². The minimum atomic E-state index is -0.0217. The van der Waals surface area contributed by atoms with Crippen molar-refractivity contribution in [2.45, 2.75) is 32.7 Å². The van der Waals surface area contributed by atoms with Crippen LogP contribution >= 0.6 is 0 Å². The molecule has 1 aliphatic rings. The van der Waals surface area contributed by atoms with Gasteiger partial charge in [-0.15, -0.1) is 0 Å². The predicted molar refractivity (Wildman–Crippen MR) is 73.3 cm³/mol. The third-order valence-corrected chi connectivity index (χ3v) is 3.40. The normalized spacial score (nSPS) is 16.2. The highest BCUT2D eigenvalue weighted by Crippen LogP contribution is 2.22. The number of pyridine rings is 1. The maximum absolute atomic E-state index is 12.5. The van der Waals surface area contributed by atoms with Crippen molar-refractivity contribution in [3.8, 4) is 0 Å². The zero-order chi connectivity index (χ0) is 13.7. The maximum Gasteiger partial charge on any atom is 0.289 e. The number of carbonyl (C=O) groups excluding carboxylic acids is 1. The number of amides is 1. The fraction of sp³-hybridized carbons (Fsp3) is 0.467. The first-order valence-corrected chi connectivity index (χ1v) is 6.78. The Labute approximate surface area is 114 Å². The van der Waals surface area contributed by atoms with Gasteiger partial charge in [-0.3, -0.25) is 9.78 Å². The molecule has 102 valence electrons. The zero-order valence-corrected chi connectivity index (χ0v) is 11.5. The molecular weight excluding hydrogens is 240 g/mol. The first kappa shape index (κ1) is 13.6. The van der Waals surface area contributed by atoms with E-state index in [4.69, 9.17) is 4.74 Å². The molecule has 2 rings (SSSR count). The van der Waals surface area contributed by atoms with Gasteiger partial charge in [0, 0.05) is 18.9 Å². The topological polar surface area (TPSA) is 42.4 Å². The smallest absolute Gasteiger partial charge is 0.289 e. The Morgan fingerprint density at radius 3 is 2.79 bits per heavy atom. The monoisotopic (exact) mass is 260 g/mol. The van der Waals surface area contributed by atoms with Gasteiger partial charge >= 0.3 is 0 Å². The summed E-state index contributed by atoms with van der Waals surface area (Å²) in [6, 6.07) is 3.90. The van der Waals surface area contributed by atoms with E-state index in [9.17, 15) is 4.79 Å². The van der Waals surface area contributed by atoms with Crippen molar-refractivity contribution in [3.63, 3.8) is 0 Å². The number of nitrogens with zero attached hydrogens (tertiary/aromatic N) is 2. The highest BCUT2D eigenvalue weighted by Gasteiger charge is 2.24. The van der Waals surface area contributed by atoms with Gasteiger partial charge in [-0.05, 0) is 50.5 Å². The van der Waals surface area contributed by atoms with Crippen molar-refractivity contribution in [1.82, 2.24) is 9.88 Å². The molecule has 1 atom stereocenters. The molecule has 0 radical (unpaired) electrons. The van der Waals surface area contributed by atoms with Gasteiger partial charge in [0.2, 0.25) is 0 Å². The van der Waals surface area contributed by atoms with Crippen LogP contribution in [0.3, 0.4) is 0 Å². The Balaban J connectivity index is 2.15. The van der Waals surface area contributed by atoms with Crippen LogP contribution in [0.2, 0.25) is 0 Å². The van der Waals surface area contributed by atoms with Crippen LogP contribution in [0.15, 0.2) is 36.4 Å². The summed E-state index contributed by atoms with van der Waals surface area (Å²) in [4.78, 5) is 18.3. The summed E-state index contributed by atoms with van der Waals surface area (Å²) in [6.45, 7) is 5.31. The van der Waals surface area contributed by atoms with Gasteiger partial charge in [0.1, 0.15) is 0 Å². The average Bonchev–Trinajstić information content (AvgIpc) is 2.49. The van der Waals surface area contributed by atoms with Gasteiger partial charge in [-0.2, -0.15) is 0 Å². The molecule has 4 heteroatoms. The Kier molecular flexibility index (Phi) is 4.55. The molecule has 0 fully saturated rings. The van der Waals surface area contributed by atoms with Gasteiger partial charge in [-0.1, -0.05) is 0 Å². The average molecular weight is 260 g/mol. The van der Waals surface area contributed by atoms with E-state index in [-0.39, 0.29) is 11.9 Å². The SMILES string of the molecule is CCN(C(=O)C1=CCCCO1)[C@H](C)c1ccncc1. The zero-order valence-electron chi connectivity index (χ0n) is 11.5. The van der Waals surface area contributed by atoms with E-state index in [1.165, 1.54) is 0 Å². The lowest BCUT2D eigenvalue weighted by Gasteiger charge is -2.29. The number of carbonyl (C=O) groups is 1. The molecule has 0 unspecified atom stereocenters. The number of ether oxygens (including phenoxy) is 1. The summed E-state index contributed by atoms with van der Waals surface area (Å²) >= 11 is 0. The van der Waals surface area contributed by atoms with Crippen LogP contribution in [0, 0.1) is 0 Å². The van der Waals surface area contributed by atoms with E-state index in [2.05, 4.69) is 4.98 Å². The third kappa shape index (κ3) is 3.13. The van der Waals surface area contributed by atoms with Crippen LogP contribution in [-0.2, 0) is 9.53 Å². The number of hydrogen-bond acceptors (Lipinski definition) is 3. The molecule has 0 N–H and O–H groups in total. The van der Waals surface area contributed by atoms with E-state index in [1.807, 2.05) is 37.0 Å². The lowest BCUT2D eigenvalue weighted by Crippen LogP contribution is -2.35. The molecule has 0 aliphatic carbocycles. The van der Waals surface area contributed by atoms with E-state index in [0.717, 1.165) is 18.4 Å². The van der Waals surface area contributed by atoms with Crippen molar-refractivity contribution >= 4 is 5.91 Å². The summed E-state index contributed by atoms with van der Waals surface area (Å²) in [6.07, 6.45) is 7.31. The predicted octanol–water partition coefficient (Wildman–Crippen LogP) is 2.69. The lowest BCUT2D eigenvalue weighted by atomic mass is 10.1. The Morgan fingerprint density at radius 1 is 1.47 bits per heavy atom. The van der Waals surface area contributed by atoms with Crippen molar-refractivity contribution in [1.29, 1.82) is 0 Å². The van der Waals surface area contributed by atoms with Gasteiger partial charge in [0.15, 0.2) is 5.76 Å². The Bertz CT molecular complexity index is 456. The van der Waals surface area contributed by atoms with Gasteiger partial charge in [-0.25, -0.2) is 0 Å². The molecule has 0 spiro atoms. The molecule has 2 heterocycles. The van der Waals surface area contributed by atoms with Crippen LogP contribution in [-0.4, -0.2) is 28.9 Å². The Hall–Kier alpha value is -1.84. The molecular formula is C15H20N2O2. The highest BCUT2D eigenvalue weighted by atomic mass is 16.5. The summed E-state index contributed by atoms with van der Waals surface area (Å²) in [5, 5.41) is 0.